The SMILES string of the molecule is CCC(=O)OC.CCNC. The van der Waals surface area contributed by atoms with Crippen LogP contribution in [0, 0.1) is 0 Å². The maximum Gasteiger partial charge on any atom is 0.305 e. The predicted molar refractivity (Wildman–Crippen MR) is 41.9 cm³/mol. The van der Waals surface area contributed by atoms with E-state index >= 15 is 0 Å². The van der Waals surface area contributed by atoms with Crippen LogP contribution in [-0.2, 0) is 9.53 Å². The third-order valence-electron chi connectivity index (χ3n) is 0.870. The molecule has 3 nitrogen and oxygen atoms in total. The van der Waals surface area contributed by atoms with Crippen molar-refractivity contribution in [2.45, 2.75) is 20.3 Å². The lowest BCUT2D eigenvalue weighted by atomic mass is 10.5. The summed E-state index contributed by atoms with van der Waals surface area (Å²) in [6.07, 6.45) is 0.469. The molecule has 0 fully saturated rings. The number of carbonyl (C=O) groups is 1. The number of carbonyl (C=O) groups excluding carboxylic acids is 1. The van der Waals surface area contributed by atoms with Gasteiger partial charge in [-0.1, -0.05) is 13.8 Å². The average Bonchev–Trinajstić information content (AvgIpc) is 2.03. The van der Waals surface area contributed by atoms with Crippen molar-refractivity contribution in [2.75, 3.05) is 20.7 Å². The van der Waals surface area contributed by atoms with Gasteiger partial charge in [0.2, 0.25) is 0 Å². The van der Waals surface area contributed by atoms with Crippen LogP contribution >= 0.6 is 0 Å². The Kier molecular flexibility index (Phi) is 13.7. The minimum Gasteiger partial charge on any atom is -0.469 e. The van der Waals surface area contributed by atoms with Crippen molar-refractivity contribution in [3.8, 4) is 0 Å². The van der Waals surface area contributed by atoms with Crippen LogP contribution in [0.15, 0.2) is 0 Å². The second-order valence-corrected chi connectivity index (χ2v) is 1.64. The molecular formula is C7H17NO2. The topological polar surface area (TPSA) is 38.3 Å². The molecule has 0 aliphatic rings. The molecule has 3 heteroatoms. The standard InChI is InChI=1S/C4H8O2.C3H9N/c1-3-4(5)6-2;1-3-4-2/h3H2,1-2H3;4H,3H2,1-2H3. The van der Waals surface area contributed by atoms with Crippen molar-refractivity contribution in [3.63, 3.8) is 0 Å². The Morgan fingerprint density at radius 1 is 1.50 bits per heavy atom. The molecule has 0 saturated heterocycles. The van der Waals surface area contributed by atoms with E-state index in [2.05, 4.69) is 17.0 Å². The van der Waals surface area contributed by atoms with Gasteiger partial charge in [-0.05, 0) is 13.6 Å². The summed E-state index contributed by atoms with van der Waals surface area (Å²) in [5.41, 5.74) is 0. The molecule has 0 amide bonds. The Balaban J connectivity index is 0. The fraction of sp³-hybridized carbons (Fsp3) is 0.857. The zero-order valence-electron chi connectivity index (χ0n) is 7.23. The molecule has 10 heavy (non-hydrogen) atoms. The van der Waals surface area contributed by atoms with Gasteiger partial charge in [0, 0.05) is 6.42 Å². The number of hydrogen-bond donors (Lipinski definition) is 1. The molecule has 0 atom stereocenters. The van der Waals surface area contributed by atoms with Crippen LogP contribution in [0.4, 0.5) is 0 Å². The monoisotopic (exact) mass is 147 g/mol. The summed E-state index contributed by atoms with van der Waals surface area (Å²) in [5.74, 6) is -0.157. The van der Waals surface area contributed by atoms with Crippen molar-refractivity contribution < 1.29 is 9.53 Å². The van der Waals surface area contributed by atoms with E-state index in [4.69, 9.17) is 0 Å². The van der Waals surface area contributed by atoms with Crippen LogP contribution < -0.4 is 5.32 Å². The Hall–Kier alpha value is -0.570. The summed E-state index contributed by atoms with van der Waals surface area (Å²) in [7, 11) is 3.31. The third-order valence-corrected chi connectivity index (χ3v) is 0.870. The van der Waals surface area contributed by atoms with Gasteiger partial charge in [-0.2, -0.15) is 0 Å². The fourth-order valence-corrected chi connectivity index (χ4v) is 0.144. The smallest absolute Gasteiger partial charge is 0.305 e. The molecule has 0 unspecified atom stereocenters. The molecule has 0 bridgehead atoms. The van der Waals surface area contributed by atoms with Gasteiger partial charge in [-0.3, -0.25) is 4.79 Å². The van der Waals surface area contributed by atoms with Gasteiger partial charge < -0.3 is 10.1 Å². The first kappa shape index (κ1) is 12.1. The van der Waals surface area contributed by atoms with Gasteiger partial charge in [-0.15, -0.1) is 0 Å². The van der Waals surface area contributed by atoms with Crippen molar-refractivity contribution in [1.82, 2.24) is 5.32 Å². The van der Waals surface area contributed by atoms with E-state index in [1.54, 1.807) is 6.92 Å². The molecule has 0 heterocycles. The third kappa shape index (κ3) is 15.7. The van der Waals surface area contributed by atoms with Crippen LogP contribution in [0.5, 0.6) is 0 Å². The summed E-state index contributed by atoms with van der Waals surface area (Å²) >= 11 is 0. The lowest BCUT2D eigenvalue weighted by Crippen LogP contribution is -2.01. The first-order valence-corrected chi connectivity index (χ1v) is 3.44. The first-order chi connectivity index (χ1) is 4.72. The van der Waals surface area contributed by atoms with E-state index in [1.165, 1.54) is 7.11 Å². The Morgan fingerprint density at radius 2 is 1.90 bits per heavy atom. The van der Waals surface area contributed by atoms with Crippen molar-refractivity contribution in [1.29, 1.82) is 0 Å². The van der Waals surface area contributed by atoms with Crippen LogP contribution in [0.1, 0.15) is 20.3 Å². The second-order valence-electron chi connectivity index (χ2n) is 1.64. The second kappa shape index (κ2) is 11.3. The molecule has 0 aromatic carbocycles. The summed E-state index contributed by atoms with van der Waals surface area (Å²) in [6, 6.07) is 0. The zero-order valence-corrected chi connectivity index (χ0v) is 7.23. The molecular weight excluding hydrogens is 130 g/mol. The lowest BCUT2D eigenvalue weighted by molar-refractivity contribution is -0.140. The molecule has 1 N–H and O–H groups in total. The highest BCUT2D eigenvalue weighted by Crippen LogP contribution is 1.76. The lowest BCUT2D eigenvalue weighted by Gasteiger charge is -1.87. The largest absolute Gasteiger partial charge is 0.469 e. The van der Waals surface area contributed by atoms with Gasteiger partial charge in [0.05, 0.1) is 7.11 Å². The van der Waals surface area contributed by atoms with Crippen LogP contribution in [0.2, 0.25) is 0 Å². The Labute approximate surface area is 62.8 Å². The normalized spacial score (nSPS) is 7.60. The summed E-state index contributed by atoms with van der Waals surface area (Å²) in [5, 5.41) is 2.93. The van der Waals surface area contributed by atoms with E-state index in [0.29, 0.717) is 6.42 Å². The summed E-state index contributed by atoms with van der Waals surface area (Å²) in [4.78, 5) is 9.96. The van der Waals surface area contributed by atoms with Gasteiger partial charge >= 0.3 is 5.97 Å². The highest BCUT2D eigenvalue weighted by molar-refractivity contribution is 5.68. The van der Waals surface area contributed by atoms with E-state index in [0.717, 1.165) is 6.54 Å². The predicted octanol–water partition coefficient (Wildman–Crippen LogP) is 0.795. The molecule has 0 saturated carbocycles. The van der Waals surface area contributed by atoms with E-state index in [9.17, 15) is 4.79 Å². The van der Waals surface area contributed by atoms with E-state index in [-0.39, 0.29) is 5.97 Å². The summed E-state index contributed by atoms with van der Waals surface area (Å²) in [6.45, 7) is 4.89. The van der Waals surface area contributed by atoms with Crippen LogP contribution in [0.3, 0.4) is 0 Å². The number of rotatable bonds is 2. The molecule has 0 radical (unpaired) electrons. The van der Waals surface area contributed by atoms with E-state index < -0.39 is 0 Å². The van der Waals surface area contributed by atoms with Gasteiger partial charge in [0.25, 0.3) is 0 Å². The first-order valence-electron chi connectivity index (χ1n) is 3.44. The number of hydrogen-bond acceptors (Lipinski definition) is 3. The fourth-order valence-electron chi connectivity index (χ4n) is 0.144. The molecule has 0 aliphatic heterocycles. The quantitative estimate of drug-likeness (QED) is 0.587. The minimum atomic E-state index is -0.157. The number of nitrogens with one attached hydrogen (secondary N) is 1. The van der Waals surface area contributed by atoms with Crippen molar-refractivity contribution in [2.24, 2.45) is 0 Å². The zero-order chi connectivity index (χ0) is 8.41. The highest BCUT2D eigenvalue weighted by Gasteiger charge is 1.87. The Morgan fingerprint density at radius 3 is 1.90 bits per heavy atom. The number of esters is 1. The molecule has 0 aromatic rings. The average molecular weight is 147 g/mol. The summed E-state index contributed by atoms with van der Waals surface area (Å²) < 4.78 is 4.26. The van der Waals surface area contributed by atoms with Gasteiger partial charge in [0.1, 0.15) is 0 Å². The maximum absolute atomic E-state index is 9.96. The van der Waals surface area contributed by atoms with Crippen molar-refractivity contribution >= 4 is 5.97 Å². The molecule has 0 aliphatic carbocycles. The van der Waals surface area contributed by atoms with Crippen LogP contribution in [-0.4, -0.2) is 26.7 Å². The Bertz CT molecular complexity index is 66.0. The van der Waals surface area contributed by atoms with E-state index in [1.807, 2.05) is 7.05 Å². The molecule has 0 aromatic heterocycles. The van der Waals surface area contributed by atoms with Gasteiger partial charge in [-0.25, -0.2) is 0 Å². The van der Waals surface area contributed by atoms with Crippen LogP contribution in [0.25, 0.3) is 0 Å². The number of methoxy groups -OCH3 is 1. The minimum absolute atomic E-state index is 0.157. The molecule has 0 rings (SSSR count). The van der Waals surface area contributed by atoms with Gasteiger partial charge in [0.15, 0.2) is 0 Å². The van der Waals surface area contributed by atoms with Crippen molar-refractivity contribution in [3.05, 3.63) is 0 Å². The number of ether oxygens (including phenoxy) is 1. The maximum atomic E-state index is 9.96. The molecule has 62 valence electrons. The highest BCUT2D eigenvalue weighted by atomic mass is 16.5. The molecule has 0 spiro atoms.